The second-order valence-corrected chi connectivity index (χ2v) is 12.8. The number of piperazine rings is 2. The van der Waals surface area contributed by atoms with Gasteiger partial charge in [-0.05, 0) is 12.1 Å². The SMILES string of the molecule is Nc1nc2c(-c3c(Cl)cc4c(N5CCNCC5)nc(N5CC(N6CC7COCC(C6)N7)C5)nc4c3F)cccc2s1. The second-order valence-electron chi connectivity index (χ2n) is 11.3. The van der Waals surface area contributed by atoms with E-state index < -0.39 is 5.82 Å². The Balaban J connectivity index is 1.19. The van der Waals surface area contributed by atoms with Gasteiger partial charge in [0.05, 0.1) is 28.5 Å². The molecule has 2 unspecified atom stereocenters. The van der Waals surface area contributed by atoms with E-state index in [0.29, 0.717) is 56.3 Å². The van der Waals surface area contributed by atoms with E-state index in [1.807, 2.05) is 24.3 Å². The minimum absolute atomic E-state index is 0.278. The van der Waals surface area contributed by atoms with Gasteiger partial charge in [-0.1, -0.05) is 35.1 Å². The molecule has 2 aromatic heterocycles. The summed E-state index contributed by atoms with van der Waals surface area (Å²) in [5, 5.41) is 8.41. The van der Waals surface area contributed by atoms with Crippen LogP contribution in [-0.4, -0.2) is 104 Å². The van der Waals surface area contributed by atoms with Crippen LogP contribution in [0.4, 0.5) is 21.3 Å². The molecule has 2 bridgehead atoms. The number of thiazole rings is 1. The van der Waals surface area contributed by atoms with Crippen molar-refractivity contribution in [3.8, 4) is 11.1 Å². The first-order chi connectivity index (χ1) is 20.0. The quantitative estimate of drug-likeness (QED) is 0.326. The predicted octanol–water partition coefficient (Wildman–Crippen LogP) is 2.55. The summed E-state index contributed by atoms with van der Waals surface area (Å²) in [5.74, 6) is 0.829. The molecule has 4 saturated heterocycles. The van der Waals surface area contributed by atoms with Crippen molar-refractivity contribution in [3.05, 3.63) is 35.1 Å². The van der Waals surface area contributed by atoms with Crippen LogP contribution in [0.2, 0.25) is 5.02 Å². The van der Waals surface area contributed by atoms with Gasteiger partial charge in [-0.15, -0.1) is 0 Å². The van der Waals surface area contributed by atoms with Gasteiger partial charge in [-0.2, -0.15) is 4.98 Å². The Hall–Kier alpha value is -2.87. The van der Waals surface area contributed by atoms with E-state index in [2.05, 4.69) is 30.3 Å². The Bertz CT molecular complexity index is 1630. The first kappa shape index (κ1) is 25.8. The van der Waals surface area contributed by atoms with Crippen molar-refractivity contribution in [2.45, 2.75) is 18.1 Å². The van der Waals surface area contributed by atoms with E-state index >= 15 is 4.39 Å². The van der Waals surface area contributed by atoms with Crippen LogP contribution in [-0.2, 0) is 4.74 Å². The Labute approximate surface area is 245 Å². The maximum absolute atomic E-state index is 16.7. The van der Waals surface area contributed by atoms with Crippen molar-refractivity contribution in [2.24, 2.45) is 0 Å². The highest BCUT2D eigenvalue weighted by Crippen LogP contribution is 2.42. The first-order valence-corrected chi connectivity index (χ1v) is 15.3. The minimum Gasteiger partial charge on any atom is -0.378 e. The summed E-state index contributed by atoms with van der Waals surface area (Å²) in [4.78, 5) is 21.3. The fourth-order valence-electron chi connectivity index (χ4n) is 6.62. The monoisotopic (exact) mass is 595 g/mol. The number of nitrogens with zero attached hydrogens (tertiary/aromatic N) is 6. The number of anilines is 3. The van der Waals surface area contributed by atoms with Crippen molar-refractivity contribution in [2.75, 3.05) is 81.1 Å². The number of nitrogen functional groups attached to an aromatic ring is 1. The van der Waals surface area contributed by atoms with Crippen LogP contribution in [0.25, 0.3) is 32.2 Å². The van der Waals surface area contributed by atoms with E-state index in [-0.39, 0.29) is 5.52 Å². The molecule has 0 radical (unpaired) electrons. The van der Waals surface area contributed by atoms with Crippen LogP contribution < -0.4 is 26.2 Å². The molecule has 4 N–H and O–H groups in total. The van der Waals surface area contributed by atoms with Crippen molar-refractivity contribution in [1.29, 1.82) is 0 Å². The average molecular weight is 596 g/mol. The Morgan fingerprint density at radius 1 is 1.00 bits per heavy atom. The molecule has 8 rings (SSSR count). The summed E-state index contributed by atoms with van der Waals surface area (Å²) in [6.07, 6.45) is 0. The molecule has 4 aliphatic rings. The molecule has 6 heterocycles. The molecule has 2 atom stereocenters. The molecule has 4 fully saturated rings. The lowest BCUT2D eigenvalue weighted by Crippen LogP contribution is -2.69. The maximum atomic E-state index is 16.7. The molecule has 2 aromatic carbocycles. The maximum Gasteiger partial charge on any atom is 0.228 e. The lowest BCUT2D eigenvalue weighted by atomic mass is 10.0. The van der Waals surface area contributed by atoms with Crippen LogP contribution >= 0.6 is 22.9 Å². The third-order valence-electron chi connectivity index (χ3n) is 8.65. The molecule has 0 aliphatic carbocycles. The summed E-state index contributed by atoms with van der Waals surface area (Å²) >= 11 is 8.21. The van der Waals surface area contributed by atoms with Gasteiger partial charge in [-0.25, -0.2) is 14.4 Å². The van der Waals surface area contributed by atoms with Crippen LogP contribution in [0.15, 0.2) is 24.3 Å². The molecular formula is C28H31ClFN9OS. The molecule has 214 valence electrons. The largest absolute Gasteiger partial charge is 0.378 e. The van der Waals surface area contributed by atoms with Gasteiger partial charge in [0.15, 0.2) is 10.9 Å². The predicted molar refractivity (Wildman–Crippen MR) is 162 cm³/mol. The highest BCUT2D eigenvalue weighted by Gasteiger charge is 2.40. The summed E-state index contributed by atoms with van der Waals surface area (Å²) < 4.78 is 23.3. The van der Waals surface area contributed by atoms with Gasteiger partial charge < -0.3 is 30.9 Å². The van der Waals surface area contributed by atoms with Crippen molar-refractivity contribution in [1.82, 2.24) is 30.5 Å². The molecule has 0 spiro atoms. The number of fused-ring (bicyclic) bond motifs is 4. The van der Waals surface area contributed by atoms with E-state index in [0.717, 1.165) is 76.1 Å². The number of para-hydroxylation sites is 1. The summed E-state index contributed by atoms with van der Waals surface area (Å²) in [7, 11) is 0. The molecule has 4 aliphatic heterocycles. The molecule has 4 aromatic rings. The van der Waals surface area contributed by atoms with Crippen molar-refractivity contribution < 1.29 is 9.13 Å². The highest BCUT2D eigenvalue weighted by molar-refractivity contribution is 7.22. The van der Waals surface area contributed by atoms with Gasteiger partial charge in [-0.3, -0.25) is 4.90 Å². The number of nitrogens with two attached hydrogens (primary N) is 1. The third kappa shape index (κ3) is 4.48. The summed E-state index contributed by atoms with van der Waals surface area (Å²) in [5.41, 5.74) is 7.83. The molecule has 10 nitrogen and oxygen atoms in total. The van der Waals surface area contributed by atoms with Crippen LogP contribution in [0, 0.1) is 5.82 Å². The number of benzene rings is 2. The number of hydrogen-bond donors (Lipinski definition) is 3. The smallest absolute Gasteiger partial charge is 0.228 e. The average Bonchev–Trinajstić information content (AvgIpc) is 3.33. The summed E-state index contributed by atoms with van der Waals surface area (Å²) in [6, 6.07) is 8.63. The summed E-state index contributed by atoms with van der Waals surface area (Å²) in [6.45, 7) is 8.32. The number of halogens is 2. The zero-order valence-electron chi connectivity index (χ0n) is 22.4. The number of rotatable bonds is 4. The fraction of sp³-hybridized carbons (Fsp3) is 0.464. The van der Waals surface area contributed by atoms with Gasteiger partial charge in [0.25, 0.3) is 0 Å². The normalized spacial score (nSPS) is 23.9. The Kier molecular flexibility index (Phi) is 6.38. The molecule has 0 saturated carbocycles. The molecular weight excluding hydrogens is 565 g/mol. The molecule has 41 heavy (non-hydrogen) atoms. The van der Waals surface area contributed by atoms with Gasteiger partial charge in [0, 0.05) is 87.0 Å². The number of aromatic nitrogens is 3. The van der Waals surface area contributed by atoms with Crippen LogP contribution in [0.1, 0.15) is 0 Å². The second kappa shape index (κ2) is 10.1. The zero-order valence-corrected chi connectivity index (χ0v) is 24.0. The zero-order chi connectivity index (χ0) is 27.7. The Morgan fingerprint density at radius 2 is 1.78 bits per heavy atom. The molecule has 0 amide bonds. The van der Waals surface area contributed by atoms with E-state index in [9.17, 15) is 0 Å². The highest BCUT2D eigenvalue weighted by atomic mass is 35.5. The number of ether oxygens (including phenoxy) is 1. The number of hydrogen-bond acceptors (Lipinski definition) is 11. The van der Waals surface area contributed by atoms with E-state index in [1.54, 1.807) is 0 Å². The topological polar surface area (TPSA) is 108 Å². The van der Waals surface area contributed by atoms with E-state index in [4.69, 9.17) is 32.0 Å². The lowest BCUT2D eigenvalue weighted by molar-refractivity contribution is -0.0222. The van der Waals surface area contributed by atoms with Gasteiger partial charge in [0.2, 0.25) is 5.95 Å². The molecule has 13 heteroatoms. The minimum atomic E-state index is -0.460. The van der Waals surface area contributed by atoms with Gasteiger partial charge in [0.1, 0.15) is 11.3 Å². The third-order valence-corrected chi connectivity index (χ3v) is 9.80. The number of nitrogens with one attached hydrogen (secondary N) is 2. The van der Waals surface area contributed by atoms with Crippen molar-refractivity contribution >= 4 is 61.0 Å². The lowest BCUT2D eigenvalue weighted by Gasteiger charge is -2.51. The van der Waals surface area contributed by atoms with Crippen LogP contribution in [0.3, 0.4) is 0 Å². The van der Waals surface area contributed by atoms with E-state index in [1.165, 1.54) is 11.3 Å². The Morgan fingerprint density at radius 3 is 2.56 bits per heavy atom. The standard InChI is InChI=1S/C28H31ClFN9OS/c29-20-8-19-25(23(30)22(20)18-2-1-3-21-24(18)34-27(31)41-21)35-28(36-26(19)37-6-4-32-5-7-37)39-11-17(12-39)38-9-15-13-40-14-16(10-38)33-15/h1-3,8,15-17,32-33H,4-7,9-14H2,(H2,31,34). The van der Waals surface area contributed by atoms with Crippen molar-refractivity contribution in [3.63, 3.8) is 0 Å². The van der Waals surface area contributed by atoms with Gasteiger partial charge >= 0.3 is 0 Å². The fourth-order valence-corrected chi connectivity index (χ4v) is 7.68. The van der Waals surface area contributed by atoms with Crippen LogP contribution in [0.5, 0.6) is 0 Å². The number of morpholine rings is 1. The first-order valence-electron chi connectivity index (χ1n) is 14.2.